The standard InChI is InChI=1S/C43H79NO12Si8/c1-35(2)28-58-45-57(27-21-26-44(42-22-17-15-18-23-42)43-24-19-16-20-25-43)46-59(29-36(3)4)50-61(48-58,31-38(7)8)54-64(34-41(13)14)55-62(49-58,32-39(9)10)51-60(47-57,30-37(5)6)53-63(52-59,56-64)33-40(11)12/h15-20,22-25,35-41H,21,26-34H2,1-14H3. The van der Waals surface area contributed by atoms with Crippen LogP contribution in [0.3, 0.4) is 0 Å². The molecule has 6 saturated heterocycles. The second kappa shape index (κ2) is 19.7. The van der Waals surface area contributed by atoms with E-state index in [1.165, 1.54) is 0 Å². The molecule has 0 aliphatic carbocycles. The number of anilines is 2. The molecule has 6 heterocycles. The van der Waals surface area contributed by atoms with Crippen LogP contribution in [0.15, 0.2) is 60.7 Å². The van der Waals surface area contributed by atoms with Crippen molar-refractivity contribution in [2.24, 2.45) is 41.4 Å². The van der Waals surface area contributed by atoms with E-state index in [2.05, 4.69) is 162 Å². The second-order valence-electron chi connectivity index (χ2n) is 21.8. The van der Waals surface area contributed by atoms with Crippen LogP contribution < -0.4 is 4.90 Å². The molecule has 2 aromatic rings. The van der Waals surface area contributed by atoms with Gasteiger partial charge in [-0.2, -0.15) is 0 Å². The monoisotopic (exact) mass is 1030 g/mol. The molecule has 0 amide bonds. The van der Waals surface area contributed by atoms with Crippen LogP contribution in [0, 0.1) is 41.4 Å². The molecule has 13 nitrogen and oxygen atoms in total. The fraction of sp³-hybridized carbons (Fsp3) is 0.721. The van der Waals surface area contributed by atoms with Gasteiger partial charge in [-0.1, -0.05) is 133 Å². The summed E-state index contributed by atoms with van der Waals surface area (Å²) in [4.78, 5) is 2.35. The molecule has 0 radical (unpaired) electrons. The smallest absolute Gasteiger partial charge is 0.373 e. The Morgan fingerprint density at radius 2 is 0.516 bits per heavy atom. The minimum Gasteiger partial charge on any atom is -0.373 e. The van der Waals surface area contributed by atoms with Gasteiger partial charge in [-0.25, -0.2) is 0 Å². The average molecular weight is 1030 g/mol. The zero-order chi connectivity index (χ0) is 46.4. The lowest BCUT2D eigenvalue weighted by Gasteiger charge is -2.64. The fourth-order valence-corrected chi connectivity index (χ4v) is 61.5. The van der Waals surface area contributed by atoms with Gasteiger partial charge in [0.1, 0.15) is 0 Å². The molecule has 6 aliphatic heterocycles. The third-order valence-corrected chi connectivity index (χ3v) is 51.4. The maximum Gasteiger partial charge on any atom is 0.479 e. The Labute approximate surface area is 394 Å². The van der Waals surface area contributed by atoms with E-state index >= 15 is 0 Å². The lowest BCUT2D eigenvalue weighted by Crippen LogP contribution is -2.88. The molecule has 64 heavy (non-hydrogen) atoms. The number of nitrogens with zero attached hydrogens (tertiary/aromatic N) is 1. The highest BCUT2D eigenvalue weighted by molar-refractivity contribution is 7.03. The van der Waals surface area contributed by atoms with Crippen molar-refractivity contribution in [1.29, 1.82) is 0 Å². The van der Waals surface area contributed by atoms with Gasteiger partial charge in [0.25, 0.3) is 0 Å². The maximum atomic E-state index is 8.01. The Hall–Kier alpha value is -0.505. The first-order chi connectivity index (χ1) is 30.0. The average Bonchev–Trinajstić information content (AvgIpc) is 3.08. The lowest BCUT2D eigenvalue weighted by atomic mass is 10.2. The molecule has 6 fully saturated rings. The van der Waals surface area contributed by atoms with Crippen LogP contribution in [0.5, 0.6) is 0 Å². The third-order valence-electron chi connectivity index (χ3n) is 11.3. The van der Waals surface area contributed by atoms with Crippen molar-refractivity contribution < 1.29 is 49.4 Å². The molecular formula is C43H79NO12Si8. The largest absolute Gasteiger partial charge is 0.479 e. The van der Waals surface area contributed by atoms with E-state index in [0.29, 0.717) is 61.3 Å². The second-order valence-corrected chi connectivity index (χ2v) is 45.9. The zero-order valence-corrected chi connectivity index (χ0v) is 49.2. The van der Waals surface area contributed by atoms with E-state index in [9.17, 15) is 0 Å². The first-order valence-electron chi connectivity index (χ1n) is 24.3. The number of para-hydroxylation sites is 2. The Morgan fingerprint density at radius 1 is 0.312 bits per heavy atom. The van der Waals surface area contributed by atoms with E-state index < -0.39 is 70.4 Å². The summed E-state index contributed by atoms with van der Waals surface area (Å²) < 4.78 is 95.1. The minimum absolute atomic E-state index is 0.100. The molecule has 6 aliphatic rings. The fourth-order valence-electron chi connectivity index (χ4n) is 9.95. The number of rotatable bonds is 20. The molecule has 21 heteroatoms. The van der Waals surface area contributed by atoms with Crippen LogP contribution in [0.1, 0.15) is 103 Å². The van der Waals surface area contributed by atoms with Gasteiger partial charge < -0.3 is 54.3 Å². The van der Waals surface area contributed by atoms with Crippen molar-refractivity contribution in [3.8, 4) is 0 Å². The number of hydrogen-bond acceptors (Lipinski definition) is 13. The molecule has 8 rings (SSSR count). The van der Waals surface area contributed by atoms with Gasteiger partial charge >= 0.3 is 70.4 Å². The summed E-state index contributed by atoms with van der Waals surface area (Å²) in [6.45, 7) is 31.2. The third kappa shape index (κ3) is 11.9. The highest BCUT2D eigenvalue weighted by Gasteiger charge is 2.83. The van der Waals surface area contributed by atoms with Gasteiger partial charge in [-0.15, -0.1) is 0 Å². The lowest BCUT2D eigenvalue weighted by molar-refractivity contribution is -0.0341. The molecular weight excluding hydrogens is 947 g/mol. The highest BCUT2D eigenvalue weighted by Crippen LogP contribution is 2.56. The first-order valence-corrected chi connectivity index (χ1v) is 39.7. The van der Waals surface area contributed by atoms with Crippen molar-refractivity contribution in [3.05, 3.63) is 60.7 Å². The van der Waals surface area contributed by atoms with E-state index in [1.807, 2.05) is 0 Å². The van der Waals surface area contributed by atoms with Crippen LogP contribution in [-0.4, -0.2) is 77.0 Å². The van der Waals surface area contributed by atoms with Crippen molar-refractivity contribution in [3.63, 3.8) is 0 Å². The molecule has 2 aromatic carbocycles. The van der Waals surface area contributed by atoms with Crippen LogP contribution in [0.4, 0.5) is 11.4 Å². The Morgan fingerprint density at radius 3 is 0.719 bits per heavy atom. The van der Waals surface area contributed by atoms with Gasteiger partial charge in [-0.3, -0.25) is 0 Å². The Balaban J connectivity index is 1.51. The van der Waals surface area contributed by atoms with Crippen LogP contribution in [-0.2, 0) is 49.4 Å². The molecule has 360 valence electrons. The molecule has 0 spiro atoms. The number of hydrogen-bond donors (Lipinski definition) is 0. The highest BCUT2D eigenvalue weighted by atomic mass is 28.6. The van der Waals surface area contributed by atoms with Crippen LogP contribution >= 0.6 is 0 Å². The summed E-state index contributed by atoms with van der Waals surface area (Å²) in [5, 5.41) is 0. The molecule has 8 bridgehead atoms. The van der Waals surface area contributed by atoms with E-state index in [0.717, 1.165) is 11.4 Å². The quantitative estimate of drug-likeness (QED) is 0.117. The van der Waals surface area contributed by atoms with Crippen molar-refractivity contribution >= 4 is 81.8 Å². The summed E-state index contributed by atoms with van der Waals surface area (Å²) in [5.41, 5.74) is 2.19. The predicted octanol–water partition coefficient (Wildman–Crippen LogP) is 11.6. The molecule has 0 saturated carbocycles. The normalized spacial score (nSPS) is 36.1. The van der Waals surface area contributed by atoms with Crippen molar-refractivity contribution in [2.75, 3.05) is 11.4 Å². The van der Waals surface area contributed by atoms with E-state index in [4.69, 9.17) is 49.4 Å². The Kier molecular flexibility index (Phi) is 15.8. The zero-order valence-electron chi connectivity index (χ0n) is 41.2. The van der Waals surface area contributed by atoms with Crippen LogP contribution in [0.2, 0.25) is 48.4 Å². The van der Waals surface area contributed by atoms with Gasteiger partial charge in [0, 0.05) is 66.3 Å². The molecule has 0 N–H and O–H groups in total. The maximum absolute atomic E-state index is 8.01. The van der Waals surface area contributed by atoms with Gasteiger partial charge in [-0.05, 0) is 72.1 Å². The van der Waals surface area contributed by atoms with Crippen LogP contribution in [0.25, 0.3) is 0 Å². The summed E-state index contributed by atoms with van der Waals surface area (Å²) in [7, 11) is -31.9. The minimum atomic E-state index is -4.08. The van der Waals surface area contributed by atoms with E-state index in [-0.39, 0.29) is 41.4 Å². The molecule has 0 atom stereocenters. The van der Waals surface area contributed by atoms with E-state index in [1.54, 1.807) is 0 Å². The van der Waals surface area contributed by atoms with Gasteiger partial charge in [0.05, 0.1) is 0 Å². The summed E-state index contributed by atoms with van der Waals surface area (Å²) in [5.74, 6) is 0.762. The summed E-state index contributed by atoms with van der Waals surface area (Å²) in [6, 6.07) is 24.8. The topological polar surface area (TPSA) is 114 Å². The molecule has 0 aromatic heterocycles. The van der Waals surface area contributed by atoms with Gasteiger partial charge in [0.15, 0.2) is 0 Å². The first kappa shape index (κ1) is 51.3. The Bertz CT molecular complexity index is 1660. The van der Waals surface area contributed by atoms with Gasteiger partial charge in [0.2, 0.25) is 0 Å². The summed E-state index contributed by atoms with van der Waals surface area (Å²) in [6.07, 6.45) is 0.645. The SMILES string of the molecule is CC(C)C[Si]12O[Si]3(CCCN(c4ccccc4)c4ccccc4)O[Si]4(CC(C)C)O[Si](CC(C)C)(O1)O[Si]1(CC(C)C)O[Si](CC(C)C)(O2)O[Si](CC(C)C)(O3)O[Si](CC(C)C)(O4)O1. The summed E-state index contributed by atoms with van der Waals surface area (Å²) >= 11 is 0. The molecule has 0 unspecified atom stereocenters. The van der Waals surface area contributed by atoms with Crippen molar-refractivity contribution in [1.82, 2.24) is 0 Å². The predicted molar refractivity (Wildman–Crippen MR) is 266 cm³/mol. The van der Waals surface area contributed by atoms with Crippen molar-refractivity contribution in [2.45, 2.75) is 152 Å². The number of benzene rings is 2.